The molecule has 0 atom stereocenters. The van der Waals surface area contributed by atoms with E-state index in [1.54, 1.807) is 12.5 Å². The van der Waals surface area contributed by atoms with E-state index in [0.29, 0.717) is 6.01 Å². The molecule has 16 heavy (non-hydrogen) atoms. The standard InChI is InChI=1S/C12H13BrN2O/c1-8-5-10(13)6-9(2)11(8)7-15-12-14-3-4-16-12/h3-6H,7H2,1-2H3,(H,14,15). The number of halogens is 1. The van der Waals surface area contributed by atoms with Crippen molar-refractivity contribution in [2.24, 2.45) is 0 Å². The van der Waals surface area contributed by atoms with Crippen molar-refractivity contribution in [2.75, 3.05) is 5.32 Å². The smallest absolute Gasteiger partial charge is 0.294 e. The summed E-state index contributed by atoms with van der Waals surface area (Å²) in [6.45, 7) is 4.93. The number of oxazole rings is 1. The summed E-state index contributed by atoms with van der Waals surface area (Å²) in [5.41, 5.74) is 3.79. The number of anilines is 1. The third-order valence-corrected chi connectivity index (χ3v) is 2.97. The number of aryl methyl sites for hydroxylation is 2. The van der Waals surface area contributed by atoms with Crippen LogP contribution in [0.4, 0.5) is 6.01 Å². The molecule has 0 unspecified atom stereocenters. The number of nitrogens with zero attached hydrogens (tertiary/aromatic N) is 1. The Kier molecular flexibility index (Phi) is 3.29. The van der Waals surface area contributed by atoms with Crippen LogP contribution in [-0.2, 0) is 6.54 Å². The van der Waals surface area contributed by atoms with Crippen LogP contribution in [0, 0.1) is 13.8 Å². The van der Waals surface area contributed by atoms with Gasteiger partial charge < -0.3 is 9.73 Å². The first-order valence-electron chi connectivity index (χ1n) is 5.06. The largest absolute Gasteiger partial charge is 0.432 e. The Labute approximate surface area is 103 Å². The summed E-state index contributed by atoms with van der Waals surface area (Å²) in [5.74, 6) is 0. The fraction of sp³-hybridized carbons (Fsp3) is 0.250. The van der Waals surface area contributed by atoms with E-state index < -0.39 is 0 Å². The Morgan fingerprint density at radius 2 is 2.00 bits per heavy atom. The molecule has 1 N–H and O–H groups in total. The molecule has 4 heteroatoms. The quantitative estimate of drug-likeness (QED) is 0.932. The zero-order chi connectivity index (χ0) is 11.5. The predicted molar refractivity (Wildman–Crippen MR) is 67.4 cm³/mol. The Morgan fingerprint density at radius 1 is 1.31 bits per heavy atom. The lowest BCUT2D eigenvalue weighted by molar-refractivity contribution is 0.571. The van der Waals surface area contributed by atoms with Crippen LogP contribution in [0.5, 0.6) is 0 Å². The van der Waals surface area contributed by atoms with Gasteiger partial charge in [0.2, 0.25) is 0 Å². The van der Waals surface area contributed by atoms with Crippen molar-refractivity contribution in [3.05, 3.63) is 45.8 Å². The van der Waals surface area contributed by atoms with E-state index in [0.717, 1.165) is 11.0 Å². The molecule has 0 amide bonds. The van der Waals surface area contributed by atoms with Crippen molar-refractivity contribution in [2.45, 2.75) is 20.4 Å². The van der Waals surface area contributed by atoms with E-state index in [1.165, 1.54) is 16.7 Å². The van der Waals surface area contributed by atoms with Gasteiger partial charge in [-0.25, -0.2) is 4.98 Å². The van der Waals surface area contributed by atoms with Gasteiger partial charge in [-0.2, -0.15) is 0 Å². The van der Waals surface area contributed by atoms with E-state index in [-0.39, 0.29) is 0 Å². The molecule has 0 aliphatic heterocycles. The van der Waals surface area contributed by atoms with Gasteiger partial charge in [-0.05, 0) is 42.7 Å². The van der Waals surface area contributed by atoms with Crippen molar-refractivity contribution in [3.8, 4) is 0 Å². The third-order valence-electron chi connectivity index (χ3n) is 2.51. The van der Waals surface area contributed by atoms with Crippen molar-refractivity contribution in [3.63, 3.8) is 0 Å². The molecule has 0 radical (unpaired) electrons. The number of nitrogens with one attached hydrogen (secondary N) is 1. The maximum Gasteiger partial charge on any atom is 0.294 e. The molecule has 1 aromatic heterocycles. The van der Waals surface area contributed by atoms with Gasteiger partial charge in [0.1, 0.15) is 6.26 Å². The highest BCUT2D eigenvalue weighted by Gasteiger charge is 2.05. The predicted octanol–water partition coefficient (Wildman–Crippen LogP) is 3.67. The van der Waals surface area contributed by atoms with Crippen LogP contribution in [0.3, 0.4) is 0 Å². The van der Waals surface area contributed by atoms with E-state index in [9.17, 15) is 0 Å². The fourth-order valence-corrected chi connectivity index (χ4v) is 2.38. The summed E-state index contributed by atoms with van der Waals surface area (Å²) in [6, 6.07) is 4.78. The number of aromatic nitrogens is 1. The number of hydrogen-bond donors (Lipinski definition) is 1. The molecule has 0 saturated heterocycles. The van der Waals surface area contributed by atoms with Crippen molar-refractivity contribution in [1.82, 2.24) is 4.98 Å². The zero-order valence-corrected chi connectivity index (χ0v) is 10.8. The highest BCUT2D eigenvalue weighted by atomic mass is 79.9. The Balaban J connectivity index is 2.15. The molecule has 0 saturated carbocycles. The summed E-state index contributed by atoms with van der Waals surface area (Å²) < 4.78 is 6.24. The van der Waals surface area contributed by atoms with Gasteiger partial charge in [-0.15, -0.1) is 0 Å². The van der Waals surface area contributed by atoms with Crippen LogP contribution >= 0.6 is 15.9 Å². The van der Waals surface area contributed by atoms with Crippen molar-refractivity contribution < 1.29 is 4.42 Å². The molecule has 0 aliphatic rings. The molecule has 3 nitrogen and oxygen atoms in total. The van der Waals surface area contributed by atoms with Crippen molar-refractivity contribution >= 4 is 21.9 Å². The van der Waals surface area contributed by atoms with Gasteiger partial charge in [-0.1, -0.05) is 15.9 Å². The molecule has 2 rings (SSSR count). The molecule has 2 aromatic rings. The van der Waals surface area contributed by atoms with Crippen molar-refractivity contribution in [1.29, 1.82) is 0 Å². The number of hydrogen-bond acceptors (Lipinski definition) is 3. The SMILES string of the molecule is Cc1cc(Br)cc(C)c1CNc1ncco1. The van der Waals surface area contributed by atoms with Gasteiger partial charge in [-0.3, -0.25) is 0 Å². The molecule has 84 valence electrons. The summed E-state index contributed by atoms with van der Waals surface area (Å²) in [5, 5.41) is 3.15. The maximum absolute atomic E-state index is 5.13. The summed E-state index contributed by atoms with van der Waals surface area (Å²) in [4.78, 5) is 4.02. The van der Waals surface area contributed by atoms with Crippen LogP contribution in [0.15, 0.2) is 33.5 Å². The van der Waals surface area contributed by atoms with E-state index in [2.05, 4.69) is 52.2 Å². The highest BCUT2D eigenvalue weighted by Crippen LogP contribution is 2.21. The van der Waals surface area contributed by atoms with Crippen LogP contribution in [0.2, 0.25) is 0 Å². The topological polar surface area (TPSA) is 38.1 Å². The summed E-state index contributed by atoms with van der Waals surface area (Å²) >= 11 is 3.49. The maximum atomic E-state index is 5.13. The Bertz CT molecular complexity index is 457. The lowest BCUT2D eigenvalue weighted by atomic mass is 10.0. The average molecular weight is 281 g/mol. The third kappa shape index (κ3) is 2.44. The van der Waals surface area contributed by atoms with Crippen LogP contribution < -0.4 is 5.32 Å². The Morgan fingerprint density at radius 3 is 2.56 bits per heavy atom. The van der Waals surface area contributed by atoms with Crippen LogP contribution in [0.25, 0.3) is 0 Å². The molecule has 0 bridgehead atoms. The van der Waals surface area contributed by atoms with E-state index in [1.807, 2.05) is 0 Å². The highest BCUT2D eigenvalue weighted by molar-refractivity contribution is 9.10. The second-order valence-corrected chi connectivity index (χ2v) is 4.62. The normalized spacial score (nSPS) is 10.4. The minimum Gasteiger partial charge on any atom is -0.432 e. The molecule has 1 heterocycles. The van der Waals surface area contributed by atoms with Gasteiger partial charge in [0, 0.05) is 11.0 Å². The molecule has 1 aromatic carbocycles. The molecule has 0 fully saturated rings. The van der Waals surface area contributed by atoms with Gasteiger partial charge in [0.25, 0.3) is 6.01 Å². The monoisotopic (exact) mass is 280 g/mol. The van der Waals surface area contributed by atoms with Crippen LogP contribution in [-0.4, -0.2) is 4.98 Å². The van der Waals surface area contributed by atoms with E-state index >= 15 is 0 Å². The number of benzene rings is 1. The lowest BCUT2D eigenvalue weighted by Gasteiger charge is -2.10. The average Bonchev–Trinajstić information content (AvgIpc) is 2.68. The van der Waals surface area contributed by atoms with Gasteiger partial charge in [0.05, 0.1) is 6.20 Å². The molecule has 0 aliphatic carbocycles. The van der Waals surface area contributed by atoms with Gasteiger partial charge >= 0.3 is 0 Å². The zero-order valence-electron chi connectivity index (χ0n) is 9.25. The first kappa shape index (κ1) is 11.2. The first-order valence-corrected chi connectivity index (χ1v) is 5.85. The minimum atomic E-state index is 0.557. The number of rotatable bonds is 3. The van der Waals surface area contributed by atoms with Crippen LogP contribution in [0.1, 0.15) is 16.7 Å². The second-order valence-electron chi connectivity index (χ2n) is 3.71. The Hall–Kier alpha value is -1.29. The van der Waals surface area contributed by atoms with E-state index in [4.69, 9.17) is 4.42 Å². The first-order chi connectivity index (χ1) is 7.66. The molecular formula is C12H13BrN2O. The summed E-state index contributed by atoms with van der Waals surface area (Å²) in [7, 11) is 0. The molecule has 0 spiro atoms. The molecular weight excluding hydrogens is 268 g/mol. The van der Waals surface area contributed by atoms with Gasteiger partial charge in [0.15, 0.2) is 0 Å². The summed E-state index contributed by atoms with van der Waals surface area (Å²) in [6.07, 6.45) is 3.19. The fourth-order valence-electron chi connectivity index (χ4n) is 1.69. The lowest BCUT2D eigenvalue weighted by Crippen LogP contribution is -2.03. The minimum absolute atomic E-state index is 0.557. The second kappa shape index (κ2) is 4.70.